The number of amides is 1. The van der Waals surface area contributed by atoms with Crippen molar-refractivity contribution in [1.82, 2.24) is 9.80 Å². The summed E-state index contributed by atoms with van der Waals surface area (Å²) in [6.45, 7) is 2.61. The number of piperazine rings is 1. The Morgan fingerprint density at radius 1 is 0.974 bits per heavy atom. The van der Waals surface area contributed by atoms with Gasteiger partial charge in [0.05, 0.1) is 23.1 Å². The second-order valence-corrected chi connectivity index (χ2v) is 9.68. The SMILES string of the molecule is COc1cc(C=C2SC(N3CCN(C)CC3)=NC2=O)ccc1OCc1ccc(C(F)(F)F)cc1C(F)(F)F. The van der Waals surface area contributed by atoms with E-state index in [-0.39, 0.29) is 23.5 Å². The molecule has 2 aromatic carbocycles. The Labute approximate surface area is 218 Å². The third kappa shape index (κ3) is 6.44. The van der Waals surface area contributed by atoms with Crippen molar-refractivity contribution >= 4 is 28.9 Å². The molecule has 4 rings (SSSR count). The number of halogens is 6. The number of amidine groups is 1. The average molecular weight is 560 g/mol. The first-order valence-electron chi connectivity index (χ1n) is 11.4. The van der Waals surface area contributed by atoms with Gasteiger partial charge in [0, 0.05) is 31.7 Å². The molecule has 2 aliphatic rings. The number of hydrogen-bond acceptors (Lipinski definition) is 6. The lowest BCUT2D eigenvalue weighted by atomic mass is 10.0. The predicted molar refractivity (Wildman–Crippen MR) is 131 cm³/mol. The maximum absolute atomic E-state index is 13.4. The van der Waals surface area contributed by atoms with E-state index >= 15 is 0 Å². The summed E-state index contributed by atoms with van der Waals surface area (Å²) >= 11 is 1.26. The highest BCUT2D eigenvalue weighted by molar-refractivity contribution is 8.18. The topological polar surface area (TPSA) is 54.4 Å². The minimum atomic E-state index is -5.00. The fourth-order valence-electron chi connectivity index (χ4n) is 3.87. The summed E-state index contributed by atoms with van der Waals surface area (Å²) in [6.07, 6.45) is -8.29. The first-order valence-corrected chi connectivity index (χ1v) is 12.2. The highest BCUT2D eigenvalue weighted by atomic mass is 32.2. The highest BCUT2D eigenvalue weighted by Crippen LogP contribution is 2.39. The molecule has 2 aromatic rings. The van der Waals surface area contributed by atoms with Crippen molar-refractivity contribution in [3.8, 4) is 11.5 Å². The summed E-state index contributed by atoms with van der Waals surface area (Å²) < 4.78 is 89.8. The monoisotopic (exact) mass is 559 g/mol. The summed E-state index contributed by atoms with van der Waals surface area (Å²) in [5, 5.41) is 0.637. The molecule has 1 saturated heterocycles. The maximum Gasteiger partial charge on any atom is 0.416 e. The van der Waals surface area contributed by atoms with Gasteiger partial charge in [-0.2, -0.15) is 31.3 Å². The van der Waals surface area contributed by atoms with Crippen LogP contribution >= 0.6 is 11.8 Å². The van der Waals surface area contributed by atoms with Gasteiger partial charge in [-0.05, 0) is 54.7 Å². The van der Waals surface area contributed by atoms with Crippen molar-refractivity contribution in [3.63, 3.8) is 0 Å². The number of nitrogens with zero attached hydrogens (tertiary/aromatic N) is 3. The molecule has 13 heteroatoms. The molecule has 0 bridgehead atoms. The maximum atomic E-state index is 13.4. The quantitative estimate of drug-likeness (QED) is 0.355. The van der Waals surface area contributed by atoms with Crippen molar-refractivity contribution in [3.05, 3.63) is 63.6 Å². The standard InChI is InChI=1S/C25H23F6N3O3S/c1-33-7-9-34(10-8-33)23-32-22(35)21(38-23)12-15-3-6-19(20(11-15)36-2)37-14-16-4-5-17(24(26,27)28)13-18(16)25(29,30)31/h3-6,11-13H,7-10,14H2,1-2H3. The third-order valence-corrected chi connectivity index (χ3v) is 7.04. The zero-order valence-electron chi connectivity index (χ0n) is 20.3. The lowest BCUT2D eigenvalue weighted by Crippen LogP contribution is -2.46. The number of rotatable bonds is 5. The Morgan fingerprint density at radius 3 is 2.32 bits per heavy atom. The molecule has 1 fully saturated rings. The van der Waals surface area contributed by atoms with Gasteiger partial charge in [0.1, 0.15) is 6.61 Å². The zero-order valence-corrected chi connectivity index (χ0v) is 21.1. The van der Waals surface area contributed by atoms with E-state index in [1.54, 1.807) is 18.2 Å². The van der Waals surface area contributed by atoms with Crippen LogP contribution in [-0.2, 0) is 23.8 Å². The van der Waals surface area contributed by atoms with Crippen molar-refractivity contribution in [2.75, 3.05) is 40.3 Å². The number of hydrogen-bond donors (Lipinski definition) is 0. The molecule has 2 heterocycles. The summed E-state index contributed by atoms with van der Waals surface area (Å²) in [5.41, 5.74) is -2.71. The number of ether oxygens (including phenoxy) is 2. The molecule has 0 radical (unpaired) electrons. The van der Waals surface area contributed by atoms with E-state index in [1.807, 2.05) is 7.05 Å². The van der Waals surface area contributed by atoms with Crippen LogP contribution < -0.4 is 9.47 Å². The summed E-state index contributed by atoms with van der Waals surface area (Å²) in [5.74, 6) is -0.108. The summed E-state index contributed by atoms with van der Waals surface area (Å²) in [4.78, 5) is 21.2. The van der Waals surface area contributed by atoms with Gasteiger partial charge in [-0.15, -0.1) is 0 Å². The Hall–Kier alpha value is -3.19. The highest BCUT2D eigenvalue weighted by Gasteiger charge is 2.38. The minimum absolute atomic E-state index is 0.0694. The molecular formula is C25H23F6N3O3S. The minimum Gasteiger partial charge on any atom is -0.493 e. The fourth-order valence-corrected chi connectivity index (χ4v) is 4.84. The van der Waals surface area contributed by atoms with E-state index in [4.69, 9.17) is 9.47 Å². The number of carbonyl (C=O) groups is 1. The van der Waals surface area contributed by atoms with E-state index in [2.05, 4.69) is 14.8 Å². The van der Waals surface area contributed by atoms with Crippen molar-refractivity contribution < 1.29 is 40.6 Å². The molecule has 0 aromatic heterocycles. The summed E-state index contributed by atoms with van der Waals surface area (Å²) in [6, 6.07) is 5.98. The lowest BCUT2D eigenvalue weighted by Gasteiger charge is -2.32. The summed E-state index contributed by atoms with van der Waals surface area (Å²) in [7, 11) is 3.36. The van der Waals surface area contributed by atoms with Gasteiger partial charge >= 0.3 is 12.4 Å². The van der Waals surface area contributed by atoms with Crippen LogP contribution in [-0.4, -0.2) is 61.2 Å². The molecule has 38 heavy (non-hydrogen) atoms. The van der Waals surface area contributed by atoms with Crippen molar-refractivity contribution in [2.24, 2.45) is 4.99 Å². The van der Waals surface area contributed by atoms with Gasteiger partial charge in [0.2, 0.25) is 0 Å². The molecule has 0 atom stereocenters. The van der Waals surface area contributed by atoms with Crippen molar-refractivity contribution in [2.45, 2.75) is 19.0 Å². The van der Waals surface area contributed by atoms with E-state index in [1.165, 1.54) is 24.9 Å². The first-order chi connectivity index (χ1) is 17.8. The number of carbonyl (C=O) groups excluding carboxylic acids is 1. The zero-order chi connectivity index (χ0) is 27.7. The van der Waals surface area contributed by atoms with Crippen LogP contribution in [0.4, 0.5) is 26.3 Å². The molecule has 204 valence electrons. The molecule has 1 amide bonds. The van der Waals surface area contributed by atoms with Gasteiger partial charge in [-0.1, -0.05) is 12.1 Å². The van der Waals surface area contributed by atoms with Crippen LogP contribution in [0.5, 0.6) is 11.5 Å². The third-order valence-electron chi connectivity index (χ3n) is 5.99. The smallest absolute Gasteiger partial charge is 0.416 e. The average Bonchev–Trinajstić information content (AvgIpc) is 3.22. The van der Waals surface area contributed by atoms with E-state index in [0.29, 0.717) is 21.7 Å². The fraction of sp³-hybridized carbons (Fsp3) is 0.360. The largest absolute Gasteiger partial charge is 0.493 e. The molecule has 0 aliphatic carbocycles. The predicted octanol–water partition coefficient (Wildman–Crippen LogP) is 5.53. The van der Waals surface area contributed by atoms with Gasteiger partial charge in [0.25, 0.3) is 5.91 Å². The van der Waals surface area contributed by atoms with Gasteiger partial charge in [-0.25, -0.2) is 0 Å². The van der Waals surface area contributed by atoms with Gasteiger partial charge < -0.3 is 19.3 Å². The Kier molecular flexibility index (Phi) is 7.98. The lowest BCUT2D eigenvalue weighted by molar-refractivity contribution is -0.143. The van der Waals surface area contributed by atoms with E-state index in [9.17, 15) is 31.1 Å². The van der Waals surface area contributed by atoms with Crippen LogP contribution in [0.25, 0.3) is 6.08 Å². The second kappa shape index (κ2) is 10.9. The molecular weight excluding hydrogens is 536 g/mol. The Morgan fingerprint density at radius 2 is 1.68 bits per heavy atom. The number of methoxy groups -OCH3 is 1. The van der Waals surface area contributed by atoms with Crippen molar-refractivity contribution in [1.29, 1.82) is 0 Å². The van der Waals surface area contributed by atoms with E-state index in [0.717, 1.165) is 32.2 Å². The Bertz CT molecular complexity index is 1270. The van der Waals surface area contributed by atoms with Gasteiger partial charge in [-0.3, -0.25) is 4.79 Å². The van der Waals surface area contributed by atoms with Crippen LogP contribution in [0.15, 0.2) is 46.3 Å². The number of benzene rings is 2. The van der Waals surface area contributed by atoms with Crippen LogP contribution in [0, 0.1) is 0 Å². The van der Waals surface area contributed by atoms with Crippen LogP contribution in [0.3, 0.4) is 0 Å². The Balaban J connectivity index is 1.49. The molecule has 0 spiro atoms. The number of likely N-dealkylation sites (N-methyl/N-ethyl adjacent to an activating group) is 1. The molecule has 0 saturated carbocycles. The van der Waals surface area contributed by atoms with Gasteiger partial charge in [0.15, 0.2) is 16.7 Å². The molecule has 0 N–H and O–H groups in total. The first kappa shape index (κ1) is 27.8. The molecule has 6 nitrogen and oxygen atoms in total. The van der Waals surface area contributed by atoms with E-state index < -0.39 is 35.6 Å². The molecule has 0 unspecified atom stereocenters. The second-order valence-electron chi connectivity index (χ2n) is 8.67. The van der Waals surface area contributed by atoms with Crippen LogP contribution in [0.2, 0.25) is 0 Å². The molecule has 2 aliphatic heterocycles. The normalized spacial score (nSPS) is 18.2. The number of alkyl halides is 6. The number of thioether (sulfide) groups is 1. The number of aliphatic imine (C=N–C) groups is 1. The van der Waals surface area contributed by atoms with Crippen LogP contribution in [0.1, 0.15) is 22.3 Å².